The van der Waals surface area contributed by atoms with Crippen molar-refractivity contribution in [2.24, 2.45) is 5.92 Å². The molecule has 14 heteroatoms. The third-order valence-electron chi connectivity index (χ3n) is 11.6. The largest absolute Gasteiger partial charge is 0.483 e. The van der Waals surface area contributed by atoms with Crippen LogP contribution in [0.15, 0.2) is 36.4 Å². The minimum Gasteiger partial charge on any atom is -0.483 e. The number of aromatic nitrogens is 1. The predicted octanol–water partition coefficient (Wildman–Crippen LogP) is 3.68. The monoisotopic (exact) mass is 734 g/mol. The van der Waals surface area contributed by atoms with Gasteiger partial charge in [-0.25, -0.2) is 18.2 Å². The van der Waals surface area contributed by atoms with Crippen molar-refractivity contribution in [3.05, 3.63) is 47.7 Å². The Hall–Kier alpha value is -4.20. The summed E-state index contributed by atoms with van der Waals surface area (Å²) in [5, 5.41) is 9.63. The van der Waals surface area contributed by atoms with Gasteiger partial charge in [0.05, 0.1) is 22.5 Å². The normalized spacial score (nSPS) is 30.5. The van der Waals surface area contributed by atoms with E-state index in [0.29, 0.717) is 50.0 Å². The number of hydrogen-bond acceptors (Lipinski definition) is 8. The number of aryl methyl sites for hydroxylation is 2. The number of sulfonamides is 1. The third-order valence-corrected chi connectivity index (χ3v) is 13.8. The van der Waals surface area contributed by atoms with E-state index in [1.807, 2.05) is 57.2 Å². The van der Waals surface area contributed by atoms with Crippen LogP contribution in [0.25, 0.3) is 10.9 Å². The molecule has 3 aliphatic heterocycles. The summed E-state index contributed by atoms with van der Waals surface area (Å²) in [4.78, 5) is 62.3. The van der Waals surface area contributed by atoms with Crippen LogP contribution in [0.3, 0.4) is 0 Å². The van der Waals surface area contributed by atoms with E-state index < -0.39 is 67.7 Å². The number of para-hydroxylation sites is 1. The van der Waals surface area contributed by atoms with Crippen LogP contribution in [0.1, 0.15) is 96.2 Å². The number of benzene rings is 1. The minimum atomic E-state index is -3.97. The Bertz CT molecular complexity index is 1940. The van der Waals surface area contributed by atoms with Gasteiger partial charge < -0.3 is 25.6 Å². The second-order valence-corrected chi connectivity index (χ2v) is 18.2. The number of carbonyl (C=O) groups is 4. The number of nitrogens with one attached hydrogen (secondary N) is 4. The number of fused-ring (bicyclic) bond motifs is 5. The zero-order valence-corrected chi connectivity index (χ0v) is 31.2. The van der Waals surface area contributed by atoms with Crippen molar-refractivity contribution in [3.8, 4) is 5.75 Å². The summed E-state index contributed by atoms with van der Waals surface area (Å²) in [7, 11) is -3.97. The van der Waals surface area contributed by atoms with Gasteiger partial charge in [-0.3, -0.25) is 19.1 Å². The Balaban J connectivity index is 1.23. The molecule has 52 heavy (non-hydrogen) atoms. The molecule has 4 N–H and O–H groups in total. The molecule has 2 saturated carbocycles. The van der Waals surface area contributed by atoms with Crippen LogP contribution in [0.5, 0.6) is 5.75 Å². The van der Waals surface area contributed by atoms with E-state index in [-0.39, 0.29) is 25.4 Å². The predicted molar refractivity (Wildman–Crippen MR) is 195 cm³/mol. The van der Waals surface area contributed by atoms with Gasteiger partial charge in [-0.1, -0.05) is 43.2 Å². The lowest BCUT2D eigenvalue weighted by Gasteiger charge is -2.36. The van der Waals surface area contributed by atoms with Crippen LogP contribution in [-0.2, 0) is 30.8 Å². The van der Waals surface area contributed by atoms with E-state index in [0.717, 1.165) is 35.7 Å². The first-order valence-corrected chi connectivity index (χ1v) is 20.1. The summed E-state index contributed by atoms with van der Waals surface area (Å²) >= 11 is 0. The number of rotatable bonds is 5. The number of allylic oxidation sites excluding steroid dienone is 1. The van der Waals surface area contributed by atoms with Gasteiger partial charge in [0.2, 0.25) is 21.8 Å². The van der Waals surface area contributed by atoms with E-state index in [1.165, 1.54) is 4.90 Å². The van der Waals surface area contributed by atoms with Crippen molar-refractivity contribution in [1.29, 1.82) is 0 Å². The highest BCUT2D eigenvalue weighted by atomic mass is 32.2. The third kappa shape index (κ3) is 6.74. The number of amides is 5. The van der Waals surface area contributed by atoms with E-state index in [2.05, 4.69) is 20.7 Å². The molecule has 1 spiro atoms. The van der Waals surface area contributed by atoms with Crippen LogP contribution >= 0.6 is 0 Å². The van der Waals surface area contributed by atoms with Crippen LogP contribution in [0.4, 0.5) is 4.79 Å². The molecule has 3 fully saturated rings. The van der Waals surface area contributed by atoms with Gasteiger partial charge in [0.1, 0.15) is 29.0 Å². The van der Waals surface area contributed by atoms with E-state index in [1.54, 1.807) is 6.92 Å². The fraction of sp³-hybridized carbons (Fsp3) is 0.605. The molecule has 1 saturated heterocycles. The van der Waals surface area contributed by atoms with Crippen LogP contribution in [-0.4, -0.2) is 82.6 Å². The summed E-state index contributed by atoms with van der Waals surface area (Å²) in [6.45, 7) is 7.26. The maximum absolute atomic E-state index is 14.6. The highest BCUT2D eigenvalue weighted by molar-refractivity contribution is 7.91. The topological polar surface area (TPSA) is 176 Å². The summed E-state index contributed by atoms with van der Waals surface area (Å²) in [5.41, 5.74) is 0.206. The Morgan fingerprint density at radius 2 is 1.85 bits per heavy atom. The number of pyridine rings is 1. The van der Waals surface area contributed by atoms with Gasteiger partial charge in [-0.2, -0.15) is 0 Å². The van der Waals surface area contributed by atoms with Gasteiger partial charge in [0.15, 0.2) is 0 Å². The number of nitrogens with zero attached hydrogens (tertiary/aromatic N) is 2. The number of urea groups is 1. The maximum atomic E-state index is 14.6. The summed E-state index contributed by atoms with van der Waals surface area (Å²) in [6.07, 6.45) is 9.75. The second-order valence-electron chi connectivity index (χ2n) is 16.0. The molecule has 280 valence electrons. The maximum Gasteiger partial charge on any atom is 0.315 e. The summed E-state index contributed by atoms with van der Waals surface area (Å²) < 4.78 is 34.4. The van der Waals surface area contributed by atoms with Crippen molar-refractivity contribution >= 4 is 44.7 Å². The standard InChI is InChI=1S/C38H50N6O7S/c1-23(2)39-35(48)41-29-15-9-7-5-6-8-12-25-20-38(25,34(47)43-52(49,50)36(4)18-19-36)42-32(45)30-21-37(22-44(30)33(29)46)17-16-27-26-13-10-11-14-28(26)40-24(3)31(27)51-37/h8,10-14,23,25,29-30H,5-7,9,15-22H2,1-4H3,(H,42,45)(H,43,47)(H2,39,41,48)/b12-8-/t25-,29+,30+,37-,38-/m1/s1. The SMILES string of the molecule is Cc1nc2ccccc2c2c1O[C@]1(CC2)C[C@H]2C(=O)N[C@]3(C(=O)NS(=O)(=O)C4(C)CC4)C[C@H]3/C=C\CCCCC[C@H](NC(=O)NC(C)C)C(=O)N2C1. The lowest BCUT2D eigenvalue weighted by molar-refractivity contribution is -0.141. The Morgan fingerprint density at radius 1 is 1.08 bits per heavy atom. The minimum absolute atomic E-state index is 0.0921. The fourth-order valence-corrected chi connectivity index (χ4v) is 9.42. The van der Waals surface area contributed by atoms with Crippen molar-refractivity contribution in [3.63, 3.8) is 0 Å². The molecule has 2 aliphatic carbocycles. The average molecular weight is 735 g/mol. The van der Waals surface area contributed by atoms with Crippen molar-refractivity contribution < 1.29 is 32.3 Å². The highest BCUT2D eigenvalue weighted by Crippen LogP contribution is 2.49. The molecular formula is C38H50N6O7S. The van der Waals surface area contributed by atoms with Crippen molar-refractivity contribution in [2.45, 2.75) is 132 Å². The summed E-state index contributed by atoms with van der Waals surface area (Å²) in [6, 6.07) is 5.33. The van der Waals surface area contributed by atoms with E-state index in [9.17, 15) is 27.6 Å². The van der Waals surface area contributed by atoms with Gasteiger partial charge in [-0.15, -0.1) is 0 Å². The first-order chi connectivity index (χ1) is 24.7. The van der Waals surface area contributed by atoms with Gasteiger partial charge >= 0.3 is 6.03 Å². The Kier molecular flexibility index (Phi) is 9.28. The molecule has 7 rings (SSSR count). The van der Waals surface area contributed by atoms with Crippen LogP contribution < -0.4 is 25.4 Å². The number of hydrogen-bond donors (Lipinski definition) is 4. The van der Waals surface area contributed by atoms with Crippen LogP contribution in [0, 0.1) is 12.8 Å². The van der Waals surface area contributed by atoms with Crippen LogP contribution in [0.2, 0.25) is 0 Å². The van der Waals surface area contributed by atoms with E-state index >= 15 is 0 Å². The second kappa shape index (κ2) is 13.3. The van der Waals surface area contributed by atoms with Gasteiger partial charge in [0, 0.05) is 29.3 Å². The lowest BCUT2D eigenvalue weighted by atomic mass is 9.87. The van der Waals surface area contributed by atoms with E-state index in [4.69, 9.17) is 9.72 Å². The molecule has 0 radical (unpaired) electrons. The molecule has 5 aliphatic rings. The molecule has 4 heterocycles. The lowest BCUT2D eigenvalue weighted by Crippen LogP contribution is -2.59. The Morgan fingerprint density at radius 3 is 2.60 bits per heavy atom. The molecule has 1 aromatic carbocycles. The van der Waals surface area contributed by atoms with Crippen molar-refractivity contribution in [2.75, 3.05) is 6.54 Å². The van der Waals surface area contributed by atoms with Gasteiger partial charge in [-0.05, 0) is 85.1 Å². The smallest absolute Gasteiger partial charge is 0.315 e. The molecule has 5 atom stereocenters. The molecular weight excluding hydrogens is 685 g/mol. The number of ether oxygens (including phenoxy) is 1. The molecule has 0 bridgehead atoms. The quantitative estimate of drug-likeness (QED) is 0.337. The molecule has 2 aromatic rings. The molecule has 0 unspecified atom stereocenters. The Labute approximate surface area is 305 Å². The molecule has 5 amide bonds. The van der Waals surface area contributed by atoms with Gasteiger partial charge in [0.25, 0.3) is 5.91 Å². The average Bonchev–Trinajstić information content (AvgIpc) is 3.98. The van der Waals surface area contributed by atoms with Crippen molar-refractivity contribution in [1.82, 2.24) is 30.6 Å². The molecule has 13 nitrogen and oxygen atoms in total. The molecule has 1 aromatic heterocycles. The summed E-state index contributed by atoms with van der Waals surface area (Å²) in [5.74, 6) is -1.48. The zero-order valence-electron chi connectivity index (χ0n) is 30.4. The first kappa shape index (κ1) is 36.2. The highest BCUT2D eigenvalue weighted by Gasteiger charge is 2.64. The fourth-order valence-electron chi connectivity index (χ4n) is 8.10. The number of carbonyl (C=O) groups excluding carboxylic acids is 4. The first-order valence-electron chi connectivity index (χ1n) is 18.7. The zero-order chi connectivity index (χ0) is 37.1.